The van der Waals surface area contributed by atoms with E-state index in [4.69, 9.17) is 97.1 Å². The number of carbonyl (C=O) groups excluding carboxylic acids is 2. The van der Waals surface area contributed by atoms with Crippen LogP contribution in [0.3, 0.4) is 0 Å². The number of aliphatic hydroxyl groups excluding tert-OH is 2. The lowest BCUT2D eigenvalue weighted by Gasteiger charge is -2.25. The number of H-pyrrole nitrogens is 1. The van der Waals surface area contributed by atoms with Gasteiger partial charge in [0.1, 0.15) is 34.6 Å². The van der Waals surface area contributed by atoms with E-state index in [1.807, 2.05) is 0 Å². The van der Waals surface area contributed by atoms with Crippen molar-refractivity contribution in [2.45, 2.75) is 94.2 Å². The number of hydrogen-bond donors (Lipinski definition) is 8. The number of nitrogens with one attached hydrogen (secondary N) is 2. The van der Waals surface area contributed by atoms with Crippen LogP contribution in [0.5, 0.6) is 5.75 Å². The van der Waals surface area contributed by atoms with Gasteiger partial charge in [-0.15, -0.1) is 0 Å². The number of allylic oxidation sites excluding steroid dienone is 2. The van der Waals surface area contributed by atoms with Crippen molar-refractivity contribution in [1.82, 2.24) is 19.8 Å². The number of ether oxygens (including phenoxy) is 2. The molecule has 5 aliphatic rings. The number of aliphatic hydroxyl groups is 2. The molecule has 0 spiro atoms. The number of benzene rings is 2. The molecule has 8 N–H and O–H groups in total. The molecular weight excluding hydrogens is 1220 g/mol. The Bertz CT molecular complexity index is 3370. The van der Waals surface area contributed by atoms with Crippen LogP contribution < -0.4 is 22.0 Å². The lowest BCUT2D eigenvalue weighted by Crippen LogP contribution is -2.37. The van der Waals surface area contributed by atoms with Crippen LogP contribution in [-0.4, -0.2) is 138 Å². The zero-order chi connectivity index (χ0) is 57.8. The highest BCUT2D eigenvalue weighted by Gasteiger charge is 2.46. The van der Waals surface area contributed by atoms with Gasteiger partial charge in [-0.2, -0.15) is 0 Å². The van der Waals surface area contributed by atoms with E-state index in [-0.39, 0.29) is 94.4 Å². The van der Waals surface area contributed by atoms with Gasteiger partial charge < -0.3 is 58.8 Å². The maximum absolute atomic E-state index is 13.5. The number of aromatic hydroxyl groups is 1. The number of carboxylic acids is 1. The van der Waals surface area contributed by atoms with Crippen molar-refractivity contribution in [3.8, 4) is 17.1 Å². The number of aryl methyl sites for hydroxylation is 1. The van der Waals surface area contributed by atoms with E-state index in [9.17, 15) is 68.1 Å². The van der Waals surface area contributed by atoms with Crippen molar-refractivity contribution in [1.29, 1.82) is 0 Å². The summed E-state index contributed by atoms with van der Waals surface area (Å²) in [5.41, 5.74) is -3.52. The second-order valence-electron chi connectivity index (χ2n) is 18.4. The van der Waals surface area contributed by atoms with E-state index in [0.717, 1.165) is 28.3 Å². The lowest BCUT2D eigenvalue weighted by atomic mass is 9.90. The molecule has 2 aromatic rings. The van der Waals surface area contributed by atoms with Crippen LogP contribution in [0.4, 0.5) is 0 Å². The number of unbranched alkanes of at least 4 members (excludes halogenated alkanes) is 2. The average Bonchev–Trinajstić information content (AvgIpc) is 4.33. The first-order chi connectivity index (χ1) is 37.3. The van der Waals surface area contributed by atoms with E-state index in [2.05, 4.69) is 10.3 Å². The van der Waals surface area contributed by atoms with E-state index >= 15 is 0 Å². The number of phenolic OH excluding ortho intramolecular Hbond substituents is 1. The van der Waals surface area contributed by atoms with E-state index in [1.54, 1.807) is 0 Å². The van der Waals surface area contributed by atoms with Crippen LogP contribution in [0, 0.1) is 6.92 Å². The fourth-order valence-electron chi connectivity index (χ4n) is 9.09. The highest BCUT2D eigenvalue weighted by Crippen LogP contribution is 2.54. The number of halogens is 6. The summed E-state index contributed by atoms with van der Waals surface area (Å²) in [6, 6.07) is 1.55. The molecule has 3 saturated heterocycles. The summed E-state index contributed by atoms with van der Waals surface area (Å²) in [6.07, 6.45) is -1.42. The number of aromatic nitrogens is 2. The highest BCUT2D eigenvalue weighted by molar-refractivity contribution is 7.53. The summed E-state index contributed by atoms with van der Waals surface area (Å²) in [5.74, 6) is -3.60. The first-order valence-electron chi connectivity index (χ1n) is 23.9. The second-order valence-corrected chi connectivity index (χ2v) is 24.1. The van der Waals surface area contributed by atoms with Crippen molar-refractivity contribution in [2.75, 3.05) is 39.5 Å². The highest BCUT2D eigenvalue weighted by atomic mass is 35.5. The molecule has 0 bridgehead atoms. The summed E-state index contributed by atoms with van der Waals surface area (Å²) in [5, 5.41) is 42.1. The molecule has 79 heavy (non-hydrogen) atoms. The number of nitrogens with zero attached hydrogens (tertiary/aromatic N) is 2. The van der Waals surface area contributed by atoms with Crippen LogP contribution in [-0.2, 0) is 46.6 Å². The zero-order valence-corrected chi connectivity index (χ0v) is 47.5. The van der Waals surface area contributed by atoms with Gasteiger partial charge in [-0.05, 0) is 44.4 Å². The number of aliphatic carboxylic acids is 1. The van der Waals surface area contributed by atoms with Crippen molar-refractivity contribution < 1.29 is 81.2 Å². The van der Waals surface area contributed by atoms with Gasteiger partial charge in [-0.3, -0.25) is 42.3 Å². The third kappa shape index (κ3) is 14.4. The van der Waals surface area contributed by atoms with Crippen LogP contribution in [0.1, 0.15) is 62.3 Å². The number of phosphoric acid groups is 1. The molecule has 0 radical (unpaired) electrons. The first-order valence-corrected chi connectivity index (χ1v) is 29.4. The van der Waals surface area contributed by atoms with E-state index in [1.165, 1.54) is 24.1 Å². The van der Waals surface area contributed by atoms with Gasteiger partial charge in [-0.25, -0.2) is 14.2 Å². The summed E-state index contributed by atoms with van der Waals surface area (Å²) in [7, 11) is -9.39. The Morgan fingerprint density at radius 3 is 2.39 bits per heavy atom. The summed E-state index contributed by atoms with van der Waals surface area (Å²) < 4.78 is 60.5. The molecule has 5 heterocycles. The largest absolute Gasteiger partial charge is 0.505 e. The van der Waals surface area contributed by atoms with E-state index in [0.29, 0.717) is 19.3 Å². The number of fused-ring (bicyclic) bond motifs is 2. The summed E-state index contributed by atoms with van der Waals surface area (Å²) in [4.78, 5) is 101. The number of rotatable bonds is 22. The Kier molecular flexibility index (Phi) is 20.9. The van der Waals surface area contributed by atoms with Gasteiger partial charge in [0, 0.05) is 84.4 Å². The number of likely N-dealkylation sites (tertiary alicyclic amines) is 1. The van der Waals surface area contributed by atoms with Gasteiger partial charge in [0.15, 0.2) is 17.1 Å². The van der Waals surface area contributed by atoms with Crippen LogP contribution in [0.25, 0.3) is 27.9 Å². The molecule has 3 unspecified atom stereocenters. The summed E-state index contributed by atoms with van der Waals surface area (Å²) in [6.45, 7) is -0.329. The monoisotopic (exact) mass is 1260 g/mol. The zero-order valence-electron chi connectivity index (χ0n) is 41.2. The molecule has 1 aromatic heterocycles. The number of aromatic amines is 1. The molecule has 32 heteroatoms. The van der Waals surface area contributed by atoms with Gasteiger partial charge >= 0.3 is 27.1 Å². The Hall–Kier alpha value is -4.14. The van der Waals surface area contributed by atoms with E-state index < -0.39 is 138 Å². The van der Waals surface area contributed by atoms with Gasteiger partial charge in [-0.1, -0.05) is 76.0 Å². The fraction of sp³-hybridized carbons (Fsp3) is 0.447. The van der Waals surface area contributed by atoms with Crippen molar-refractivity contribution >= 4 is 119 Å². The van der Waals surface area contributed by atoms with Gasteiger partial charge in [0.2, 0.25) is 17.2 Å². The van der Waals surface area contributed by atoms with Crippen molar-refractivity contribution in [3.05, 3.63) is 109 Å². The number of carboxylic acid groups (broad SMARTS) is 1. The van der Waals surface area contributed by atoms with Gasteiger partial charge in [0.25, 0.3) is 5.56 Å². The SMILES string of the molecule is Cc1cn([C@H]2C[C@H](O)[C@@H](COP(=O)(O)O[C@H]3CCO[C@@H]3COP(=O)(O)C3C[C@@H](CO)N(C(=O)CCCCCNC(=O)/C=C/C(Cl)=C(C(=O)O)\C(=C\Cl)c4c5cc(Cl)c(=O)c(Cl)c-5oc5c(Cl)c(O)c(Cl)cc45)C3)O2)c(=O)[nH]c1=O. The lowest BCUT2D eigenvalue weighted by molar-refractivity contribution is -0.133. The molecule has 4 aliphatic heterocycles. The number of carbonyl (C=O) groups is 3. The molecule has 7 rings (SSSR count). The standard InChI is InChI=1S/C47H50Cl6N4O20P2/c1-21-16-57(47(67)55-45(21)64)36-14-30(59)32(75-36)19-74-79(70,71)77-31-8-10-72-33(31)20-73-78(68,69)23-11-22(18-58)56(17-23)35(61)5-3-2-4-9-54-34(60)7-6-27(49)38(46(65)66)26(15-48)37-24-12-28(50)41(62)39(52)43(24)76-44-25(37)13-29(51)42(63)40(44)53/h6-7,12-13,15-16,22-23,30-33,36,58-59,62H,2-5,8-11,14,17-20H2,1H3,(H,54,60)(H,65,66)(H,68,69)(H,70,71)(H,55,64,67)/b7-6+,26-15+,38-27-/t22-,23?,30-,31-,32+,33+,36+/m0/s1. The maximum Gasteiger partial charge on any atom is 0.472 e. The number of hydrogen-bond acceptors (Lipinski definition) is 17. The number of phosphoric ester groups is 1. The smallest absolute Gasteiger partial charge is 0.472 e. The van der Waals surface area contributed by atoms with Crippen molar-refractivity contribution in [3.63, 3.8) is 0 Å². The predicted octanol–water partition coefficient (Wildman–Crippen LogP) is 6.57. The molecule has 2 amide bonds. The molecule has 1 aromatic carbocycles. The number of amides is 2. The first kappa shape index (κ1) is 62.5. The minimum absolute atomic E-state index is 0.000985. The van der Waals surface area contributed by atoms with Crippen molar-refractivity contribution in [2.24, 2.45) is 0 Å². The third-order valence-corrected chi connectivity index (χ3v) is 17.8. The molecular formula is C47H50Cl6N4O20P2. The Morgan fingerprint density at radius 2 is 1.70 bits per heavy atom. The Balaban J connectivity index is 0.871. The Labute approximate surface area is 477 Å². The van der Waals surface area contributed by atoms with Crippen LogP contribution >= 0.6 is 85.0 Å². The van der Waals surface area contributed by atoms with Crippen LogP contribution in [0.2, 0.25) is 20.1 Å². The molecule has 1 aliphatic carbocycles. The molecule has 0 saturated carbocycles. The Morgan fingerprint density at radius 1 is 0.975 bits per heavy atom. The van der Waals surface area contributed by atoms with Gasteiger partial charge in [0.05, 0.1) is 58.3 Å². The second kappa shape index (κ2) is 26.4. The molecule has 24 nitrogen and oxygen atoms in total. The minimum atomic E-state index is -4.87. The fourth-order valence-corrected chi connectivity index (χ4v) is 13.0. The molecule has 430 valence electrons. The minimum Gasteiger partial charge on any atom is -0.505 e. The third-order valence-electron chi connectivity index (χ3n) is 13.2. The number of phenols is 1. The summed E-state index contributed by atoms with van der Waals surface area (Å²) >= 11 is 37.9. The van der Waals surface area contributed by atoms with Crippen LogP contribution in [0.15, 0.2) is 65.4 Å². The predicted molar refractivity (Wildman–Crippen MR) is 288 cm³/mol. The maximum atomic E-state index is 13.5. The molecule has 9 atom stereocenters. The normalized spacial score (nSPS) is 23.6. The molecule has 3 fully saturated rings. The quantitative estimate of drug-likeness (QED) is 0.0136. The topological polar surface area (TPSA) is 353 Å². The average molecular weight is 1270 g/mol.